The van der Waals surface area contributed by atoms with Gasteiger partial charge in [-0.05, 0) is 54.0 Å². The van der Waals surface area contributed by atoms with E-state index in [2.05, 4.69) is 18.0 Å². The molecule has 0 fully saturated rings. The third kappa shape index (κ3) is 5.91. The van der Waals surface area contributed by atoms with Crippen LogP contribution < -0.4 is 0 Å². The number of benzene rings is 1. The van der Waals surface area contributed by atoms with Gasteiger partial charge in [0.1, 0.15) is 18.0 Å². The van der Waals surface area contributed by atoms with E-state index in [4.69, 9.17) is 19.2 Å². The molecule has 0 N–H and O–H groups in total. The lowest BCUT2D eigenvalue weighted by Crippen LogP contribution is -2.24. The average Bonchev–Trinajstić information content (AvgIpc) is 2.82. The zero-order valence-electron chi connectivity index (χ0n) is 18.2. The summed E-state index contributed by atoms with van der Waals surface area (Å²) in [4.78, 5) is 15.4. The topological polar surface area (TPSA) is 49.8 Å². The molecule has 1 aliphatic carbocycles. The molecule has 0 bridgehead atoms. The molecule has 2 aliphatic rings. The number of pyridine rings is 1. The Morgan fingerprint density at radius 2 is 2.12 bits per heavy atom. The van der Waals surface area contributed by atoms with E-state index in [-0.39, 0.29) is 24.6 Å². The Hall–Kier alpha value is -2.80. The number of hydrogen-bond donors (Lipinski definition) is 0. The maximum absolute atomic E-state index is 13.6. The van der Waals surface area contributed by atoms with Gasteiger partial charge in [0, 0.05) is 24.8 Å². The summed E-state index contributed by atoms with van der Waals surface area (Å²) >= 11 is 0. The van der Waals surface area contributed by atoms with E-state index < -0.39 is 0 Å². The number of allylic oxidation sites excluding steroid dienone is 3. The Morgan fingerprint density at radius 3 is 2.94 bits per heavy atom. The van der Waals surface area contributed by atoms with Crippen LogP contribution in [0.3, 0.4) is 0 Å². The Kier molecular flexibility index (Phi) is 7.82. The van der Waals surface area contributed by atoms with Gasteiger partial charge in [0.2, 0.25) is 0 Å². The fourth-order valence-electron chi connectivity index (χ4n) is 3.67. The van der Waals surface area contributed by atoms with Gasteiger partial charge < -0.3 is 14.4 Å². The molecule has 2 unspecified atom stereocenters. The van der Waals surface area contributed by atoms with Crippen molar-refractivity contribution in [3.8, 4) is 0 Å². The van der Waals surface area contributed by atoms with E-state index >= 15 is 0 Å². The molecule has 2 aromatic rings. The van der Waals surface area contributed by atoms with Gasteiger partial charge in [-0.1, -0.05) is 37.6 Å². The molecule has 0 radical (unpaired) electrons. The number of ether oxygens (including phenoxy) is 2. The van der Waals surface area contributed by atoms with Crippen molar-refractivity contribution in [2.24, 2.45) is 0 Å². The number of aromatic nitrogens is 1. The summed E-state index contributed by atoms with van der Waals surface area (Å²) < 4.78 is 25.5. The van der Waals surface area contributed by atoms with E-state index in [1.54, 1.807) is 12.3 Å². The van der Waals surface area contributed by atoms with Crippen LogP contribution in [0.1, 0.15) is 43.5 Å². The van der Waals surface area contributed by atoms with Crippen LogP contribution >= 0.6 is 0 Å². The highest BCUT2D eigenvalue weighted by atomic mass is 19.1. The average molecular weight is 438 g/mol. The van der Waals surface area contributed by atoms with Crippen molar-refractivity contribution >= 4 is 0 Å². The lowest BCUT2D eigenvalue weighted by atomic mass is 9.91. The Morgan fingerprint density at radius 1 is 1.19 bits per heavy atom. The molecule has 6 heteroatoms. The summed E-state index contributed by atoms with van der Waals surface area (Å²) in [6.07, 6.45) is 9.82. The van der Waals surface area contributed by atoms with Crippen molar-refractivity contribution in [1.82, 2.24) is 4.98 Å². The molecule has 1 aromatic heterocycles. The second kappa shape index (κ2) is 11.2. The Balaban J connectivity index is 1.49. The first-order valence-corrected chi connectivity index (χ1v) is 11.0. The molecule has 2 heterocycles. The smallest absolute Gasteiger partial charge is 0.168 e. The number of fused-ring (bicyclic) bond motifs is 1. The second-order valence-electron chi connectivity index (χ2n) is 7.86. The number of unbranched alkanes of at least 4 members (excludes halogenated alkanes) is 1. The van der Waals surface area contributed by atoms with Crippen molar-refractivity contribution in [3.05, 3.63) is 101 Å². The normalized spacial score (nSPS) is 18.7. The summed E-state index contributed by atoms with van der Waals surface area (Å²) in [5.74, 6) is 0.421. The van der Waals surface area contributed by atoms with Gasteiger partial charge in [-0.15, -0.1) is 0 Å². The monoisotopic (exact) mass is 437 g/mol. The molecule has 32 heavy (non-hydrogen) atoms. The standard InChI is InChI=1S/C26H28FNO4/c1-2-3-13-29-18-23-16-21-15-20(10-11-25(21)32-31-23)26(24-9-4-5-12-28-24)30-17-19-7-6-8-22(27)14-19/h4-12,14,16,23,26H,2-3,13,15,17-18H2,1H3. The second-order valence-corrected chi connectivity index (χ2v) is 7.86. The number of hydrogen-bond acceptors (Lipinski definition) is 5. The summed E-state index contributed by atoms with van der Waals surface area (Å²) in [5.41, 5.74) is 3.66. The maximum atomic E-state index is 13.6. The molecule has 0 amide bonds. The van der Waals surface area contributed by atoms with E-state index in [9.17, 15) is 4.39 Å². The third-order valence-electron chi connectivity index (χ3n) is 5.33. The van der Waals surface area contributed by atoms with Crippen LogP contribution in [0, 0.1) is 5.82 Å². The predicted octanol–water partition coefficient (Wildman–Crippen LogP) is 5.77. The third-order valence-corrected chi connectivity index (χ3v) is 5.33. The van der Waals surface area contributed by atoms with Gasteiger partial charge in [-0.2, -0.15) is 4.89 Å². The fraction of sp³-hybridized carbons (Fsp3) is 0.346. The van der Waals surface area contributed by atoms with Crippen LogP contribution in [0.15, 0.2) is 83.8 Å². The number of halogens is 1. The number of nitrogens with zero attached hydrogens (tertiary/aromatic N) is 1. The Labute approximate surface area is 188 Å². The molecule has 0 saturated carbocycles. The minimum Gasteiger partial charge on any atom is -0.378 e. The Bertz CT molecular complexity index is 986. The van der Waals surface area contributed by atoms with Crippen LogP contribution in [-0.2, 0) is 25.9 Å². The van der Waals surface area contributed by atoms with E-state index in [1.165, 1.54) is 12.1 Å². The van der Waals surface area contributed by atoms with Crippen molar-refractivity contribution in [2.45, 2.75) is 45.0 Å². The van der Waals surface area contributed by atoms with Crippen LogP contribution in [0.4, 0.5) is 4.39 Å². The van der Waals surface area contributed by atoms with E-state index in [0.29, 0.717) is 25.4 Å². The van der Waals surface area contributed by atoms with E-state index in [0.717, 1.165) is 35.2 Å². The summed E-state index contributed by atoms with van der Waals surface area (Å²) in [5, 5.41) is 0. The zero-order chi connectivity index (χ0) is 22.2. The fourth-order valence-corrected chi connectivity index (χ4v) is 3.67. The largest absolute Gasteiger partial charge is 0.378 e. The van der Waals surface area contributed by atoms with Crippen molar-refractivity contribution in [1.29, 1.82) is 0 Å². The first-order chi connectivity index (χ1) is 15.7. The molecule has 168 valence electrons. The first-order valence-electron chi connectivity index (χ1n) is 11.0. The lowest BCUT2D eigenvalue weighted by Gasteiger charge is -2.28. The van der Waals surface area contributed by atoms with Gasteiger partial charge in [-0.3, -0.25) is 4.98 Å². The van der Waals surface area contributed by atoms with Gasteiger partial charge in [0.25, 0.3) is 0 Å². The highest BCUT2D eigenvalue weighted by Crippen LogP contribution is 2.37. The van der Waals surface area contributed by atoms with Gasteiger partial charge in [0.05, 0.1) is 18.9 Å². The molecule has 4 rings (SSSR count). The van der Waals surface area contributed by atoms with Crippen molar-refractivity contribution in [3.63, 3.8) is 0 Å². The summed E-state index contributed by atoms with van der Waals surface area (Å²) in [6, 6.07) is 12.2. The molecule has 0 saturated heterocycles. The first kappa shape index (κ1) is 22.4. The molecular formula is C26H28FNO4. The summed E-state index contributed by atoms with van der Waals surface area (Å²) in [7, 11) is 0. The quantitative estimate of drug-likeness (QED) is 0.349. The maximum Gasteiger partial charge on any atom is 0.168 e. The van der Waals surface area contributed by atoms with Gasteiger partial charge >= 0.3 is 0 Å². The van der Waals surface area contributed by atoms with Gasteiger partial charge in [-0.25, -0.2) is 4.39 Å². The lowest BCUT2D eigenvalue weighted by molar-refractivity contribution is -0.294. The summed E-state index contributed by atoms with van der Waals surface area (Å²) in [6.45, 7) is 3.57. The molecule has 5 nitrogen and oxygen atoms in total. The van der Waals surface area contributed by atoms with Crippen LogP contribution in [-0.4, -0.2) is 24.3 Å². The van der Waals surface area contributed by atoms with Gasteiger partial charge in [0.15, 0.2) is 5.76 Å². The van der Waals surface area contributed by atoms with Crippen LogP contribution in [0.25, 0.3) is 0 Å². The van der Waals surface area contributed by atoms with Crippen LogP contribution in [0.2, 0.25) is 0 Å². The zero-order valence-corrected chi connectivity index (χ0v) is 18.2. The highest BCUT2D eigenvalue weighted by molar-refractivity contribution is 5.42. The van der Waals surface area contributed by atoms with Crippen LogP contribution in [0.5, 0.6) is 0 Å². The van der Waals surface area contributed by atoms with Crippen molar-refractivity contribution < 1.29 is 23.6 Å². The molecule has 2 atom stereocenters. The molecular weight excluding hydrogens is 409 g/mol. The minimum absolute atomic E-state index is 0.250. The highest BCUT2D eigenvalue weighted by Gasteiger charge is 2.28. The molecule has 1 aliphatic heterocycles. The molecule has 1 aromatic carbocycles. The number of rotatable bonds is 10. The SMILES string of the molecule is CCCCOCC1C=C2CC(C(OCc3cccc(F)c3)c3ccccn3)=CC=C2OO1. The predicted molar refractivity (Wildman–Crippen MR) is 119 cm³/mol. The van der Waals surface area contributed by atoms with E-state index in [1.807, 2.05) is 36.4 Å². The van der Waals surface area contributed by atoms with Crippen molar-refractivity contribution in [2.75, 3.05) is 13.2 Å². The minimum atomic E-state index is -0.361. The molecule has 0 spiro atoms.